The molecule has 2 aliphatic rings. The van der Waals surface area contributed by atoms with E-state index in [1.54, 1.807) is 0 Å². The summed E-state index contributed by atoms with van der Waals surface area (Å²) in [6, 6.07) is 4.51. The van der Waals surface area contributed by atoms with Gasteiger partial charge in [0.1, 0.15) is 41.1 Å². The van der Waals surface area contributed by atoms with Gasteiger partial charge in [0.15, 0.2) is 0 Å². The largest absolute Gasteiger partial charge is 0.369 e. The summed E-state index contributed by atoms with van der Waals surface area (Å²) in [6.45, 7) is -0.186. The van der Waals surface area contributed by atoms with Crippen molar-refractivity contribution >= 4 is 11.6 Å². The van der Waals surface area contributed by atoms with Crippen LogP contribution in [0, 0.1) is 17.5 Å². The zero-order valence-corrected chi connectivity index (χ0v) is 18.5. The number of nitrogens with zero attached hydrogens (tertiary/aromatic N) is 2. The summed E-state index contributed by atoms with van der Waals surface area (Å²) in [5, 5.41) is 10.0. The number of carbonyl (C=O) groups is 1. The number of pyridine rings is 1. The lowest BCUT2D eigenvalue weighted by atomic mass is 10.0. The molecule has 11 heteroatoms. The van der Waals surface area contributed by atoms with Gasteiger partial charge in [-0.15, -0.1) is 0 Å². The molecule has 5 rings (SSSR count). The summed E-state index contributed by atoms with van der Waals surface area (Å²) >= 11 is 0. The van der Waals surface area contributed by atoms with Gasteiger partial charge in [-0.3, -0.25) is 9.89 Å². The van der Waals surface area contributed by atoms with Gasteiger partial charge in [-0.2, -0.15) is 5.10 Å². The molecule has 1 aliphatic carbocycles. The molecule has 2 aromatic heterocycles. The fourth-order valence-electron chi connectivity index (χ4n) is 4.20. The van der Waals surface area contributed by atoms with E-state index in [1.165, 1.54) is 0 Å². The van der Waals surface area contributed by atoms with Crippen LogP contribution in [0.2, 0.25) is 0 Å². The maximum atomic E-state index is 14.4. The Labute approximate surface area is 198 Å². The van der Waals surface area contributed by atoms with Crippen LogP contribution in [-0.2, 0) is 4.74 Å². The predicted octanol–water partition coefficient (Wildman–Crippen LogP) is 4.54. The quantitative estimate of drug-likeness (QED) is 0.457. The van der Waals surface area contributed by atoms with Gasteiger partial charge in [0, 0.05) is 12.0 Å². The summed E-state index contributed by atoms with van der Waals surface area (Å²) in [4.78, 5) is 17.0. The first kappa shape index (κ1) is 23.4. The maximum absolute atomic E-state index is 14.4. The van der Waals surface area contributed by atoms with Crippen molar-refractivity contribution in [2.24, 2.45) is 5.73 Å². The molecule has 184 valence electrons. The number of H-pyrrole nitrogens is 1. The first-order valence-corrected chi connectivity index (χ1v) is 11.3. The Hall–Kier alpha value is -3.31. The monoisotopic (exact) mass is 489 g/mol. The molecule has 3 heterocycles. The second-order valence-electron chi connectivity index (χ2n) is 8.83. The third-order valence-corrected chi connectivity index (χ3v) is 6.31. The highest BCUT2D eigenvalue weighted by atomic mass is 19.1. The molecule has 1 aliphatic heterocycles. The fraction of sp³-hybridized carbons (Fsp3) is 0.375. The first-order valence-electron chi connectivity index (χ1n) is 11.3. The number of ether oxygens (including phenoxy) is 1. The van der Waals surface area contributed by atoms with Crippen molar-refractivity contribution in [2.45, 2.75) is 49.9 Å². The van der Waals surface area contributed by atoms with E-state index in [9.17, 15) is 22.4 Å². The molecule has 1 saturated carbocycles. The van der Waals surface area contributed by atoms with Gasteiger partial charge in [0.05, 0.1) is 29.2 Å². The highest BCUT2D eigenvalue weighted by Crippen LogP contribution is 2.45. The lowest BCUT2D eigenvalue weighted by Gasteiger charge is -2.16. The fourth-order valence-corrected chi connectivity index (χ4v) is 4.20. The number of alkyl halides is 1. The smallest absolute Gasteiger partial charge is 0.274 e. The summed E-state index contributed by atoms with van der Waals surface area (Å²) in [6.07, 6.45) is 0.713. The van der Waals surface area contributed by atoms with Crippen LogP contribution in [0.4, 0.5) is 23.2 Å². The van der Waals surface area contributed by atoms with Gasteiger partial charge in [0.25, 0.3) is 5.91 Å². The number of aromatic amines is 1. The number of carbonyl (C=O) groups excluding carboxylic acids is 1. The van der Waals surface area contributed by atoms with Gasteiger partial charge in [-0.25, -0.2) is 22.5 Å². The molecule has 0 bridgehead atoms. The predicted molar refractivity (Wildman–Crippen MR) is 119 cm³/mol. The van der Waals surface area contributed by atoms with E-state index >= 15 is 0 Å². The van der Waals surface area contributed by atoms with Crippen LogP contribution in [0.25, 0.3) is 11.3 Å². The summed E-state index contributed by atoms with van der Waals surface area (Å²) < 4.78 is 62.7. The van der Waals surface area contributed by atoms with E-state index in [0.717, 1.165) is 43.2 Å². The minimum Gasteiger partial charge on any atom is -0.369 e. The number of hydrogen-bond acceptors (Lipinski definition) is 5. The van der Waals surface area contributed by atoms with Crippen molar-refractivity contribution in [1.82, 2.24) is 15.2 Å². The van der Waals surface area contributed by atoms with Gasteiger partial charge in [0.2, 0.25) is 0 Å². The van der Waals surface area contributed by atoms with Gasteiger partial charge < -0.3 is 15.8 Å². The van der Waals surface area contributed by atoms with E-state index in [0.29, 0.717) is 29.9 Å². The molecule has 0 spiro atoms. The molecule has 7 nitrogen and oxygen atoms in total. The molecule has 1 amide bonds. The number of benzene rings is 1. The van der Waals surface area contributed by atoms with Gasteiger partial charge >= 0.3 is 0 Å². The molecule has 2 fully saturated rings. The molecule has 0 unspecified atom stereocenters. The van der Waals surface area contributed by atoms with E-state index in [1.807, 2.05) is 0 Å². The number of amides is 1. The van der Waals surface area contributed by atoms with Crippen molar-refractivity contribution in [2.75, 3.05) is 11.9 Å². The lowest BCUT2D eigenvalue weighted by molar-refractivity contribution is 0.0267. The Bertz CT molecular complexity index is 1230. The second kappa shape index (κ2) is 9.38. The number of anilines is 1. The van der Waals surface area contributed by atoms with Crippen LogP contribution >= 0.6 is 0 Å². The Morgan fingerprint density at radius 1 is 1.06 bits per heavy atom. The number of halogens is 4. The van der Waals surface area contributed by atoms with Crippen molar-refractivity contribution in [3.05, 3.63) is 64.9 Å². The number of hydrogen-bond donors (Lipinski definition) is 3. The number of nitrogens with one attached hydrogen (secondary N) is 2. The van der Waals surface area contributed by atoms with E-state index in [-0.39, 0.29) is 18.2 Å². The van der Waals surface area contributed by atoms with Crippen LogP contribution < -0.4 is 11.1 Å². The molecule has 1 saturated heterocycles. The normalized spacial score (nSPS) is 22.6. The number of rotatable bonds is 5. The third-order valence-electron chi connectivity index (χ3n) is 6.31. The Balaban J connectivity index is 1.46. The van der Waals surface area contributed by atoms with E-state index in [2.05, 4.69) is 20.5 Å². The first-order chi connectivity index (χ1) is 16.8. The highest BCUT2D eigenvalue weighted by molar-refractivity contribution is 6.04. The second-order valence-corrected chi connectivity index (χ2v) is 8.83. The van der Waals surface area contributed by atoms with Crippen molar-refractivity contribution in [1.29, 1.82) is 0 Å². The standard InChI is InChI=1S/C24H23F4N5O2/c25-12-2-1-3-13(26)19(12)21-14(27)6-8-17(30-21)24(34)31-23-20(11-4-5-11)32-33-22(23)18-9-7-16(29)15(28)10-35-18/h1-3,6,8,11,15-16,18H,4-5,7,9-10,29H2,(H,31,34)(H,32,33)/t15-,16-,18+/m0/s1. The van der Waals surface area contributed by atoms with Crippen LogP contribution in [0.1, 0.15) is 59.6 Å². The Kier molecular flexibility index (Phi) is 6.28. The summed E-state index contributed by atoms with van der Waals surface area (Å²) in [5.41, 5.74) is 5.80. The molecule has 4 N–H and O–H groups in total. The Morgan fingerprint density at radius 3 is 2.51 bits per heavy atom. The van der Waals surface area contributed by atoms with Crippen molar-refractivity contribution < 1.29 is 27.1 Å². The molecular formula is C24H23F4N5O2. The maximum Gasteiger partial charge on any atom is 0.274 e. The average Bonchev–Trinajstić information content (AvgIpc) is 3.62. The van der Waals surface area contributed by atoms with Gasteiger partial charge in [-0.1, -0.05) is 6.07 Å². The summed E-state index contributed by atoms with van der Waals surface area (Å²) in [7, 11) is 0. The molecule has 35 heavy (non-hydrogen) atoms. The topological polar surface area (TPSA) is 106 Å². The zero-order chi connectivity index (χ0) is 24.7. The van der Waals surface area contributed by atoms with Crippen molar-refractivity contribution in [3.8, 4) is 11.3 Å². The highest BCUT2D eigenvalue weighted by Gasteiger charge is 2.35. The molecular weight excluding hydrogens is 466 g/mol. The Morgan fingerprint density at radius 2 is 1.80 bits per heavy atom. The minimum atomic E-state index is -1.30. The number of nitrogens with two attached hydrogens (primary N) is 1. The summed E-state index contributed by atoms with van der Waals surface area (Å²) in [5.74, 6) is -3.56. The van der Waals surface area contributed by atoms with E-state index < -0.39 is 52.9 Å². The van der Waals surface area contributed by atoms with Crippen LogP contribution in [0.5, 0.6) is 0 Å². The number of aromatic nitrogens is 3. The van der Waals surface area contributed by atoms with E-state index in [4.69, 9.17) is 10.5 Å². The average molecular weight is 489 g/mol. The zero-order valence-electron chi connectivity index (χ0n) is 18.5. The van der Waals surface area contributed by atoms with Gasteiger partial charge in [-0.05, 0) is 49.9 Å². The third kappa shape index (κ3) is 4.65. The SMILES string of the molecule is N[C@H]1CC[C@H](c2[nH]nc(C3CC3)c2NC(=O)c2ccc(F)c(-c3c(F)cccc3F)n2)OC[C@@H]1F. The molecule has 1 aromatic carbocycles. The molecule has 3 aromatic rings. The van der Waals surface area contributed by atoms with Crippen LogP contribution in [-0.4, -0.2) is 39.9 Å². The molecule has 0 radical (unpaired) electrons. The van der Waals surface area contributed by atoms with Crippen LogP contribution in [0.3, 0.4) is 0 Å². The molecule has 3 atom stereocenters. The van der Waals surface area contributed by atoms with Crippen LogP contribution in [0.15, 0.2) is 30.3 Å². The lowest BCUT2D eigenvalue weighted by Crippen LogP contribution is -2.32. The van der Waals surface area contributed by atoms with Crippen molar-refractivity contribution in [3.63, 3.8) is 0 Å². The minimum absolute atomic E-state index is 0.140.